The van der Waals surface area contributed by atoms with E-state index in [0.29, 0.717) is 0 Å². The molecule has 0 aromatic rings. The van der Waals surface area contributed by atoms with Gasteiger partial charge in [0, 0.05) is 20.8 Å². The Labute approximate surface area is 132 Å². The highest BCUT2D eigenvalue weighted by atomic mass is 16.8. The summed E-state index contributed by atoms with van der Waals surface area (Å²) in [7, 11) is 0. The smallest absolute Gasteiger partial charge is 0.303 e. The van der Waals surface area contributed by atoms with Crippen molar-refractivity contribution < 1.29 is 42.8 Å². The first kappa shape index (κ1) is 17.1. The minimum atomic E-state index is -1.02. The topological polar surface area (TPSA) is 107 Å². The van der Waals surface area contributed by atoms with Crippen molar-refractivity contribution >= 4 is 17.9 Å². The largest absolute Gasteiger partial charge is 0.463 e. The third-order valence-electron chi connectivity index (χ3n) is 3.16. The van der Waals surface area contributed by atoms with E-state index < -0.39 is 48.6 Å². The van der Waals surface area contributed by atoms with Crippen molar-refractivity contribution in [3.05, 3.63) is 12.5 Å². The Kier molecular flexibility index (Phi) is 5.09. The molecule has 5 atom stereocenters. The highest BCUT2D eigenvalue weighted by Crippen LogP contribution is 2.35. The number of esters is 3. The summed E-state index contributed by atoms with van der Waals surface area (Å²) in [5.74, 6) is -1.75. The Morgan fingerprint density at radius 3 is 2.17 bits per heavy atom. The van der Waals surface area contributed by atoms with Gasteiger partial charge in [-0.1, -0.05) is 0 Å². The van der Waals surface area contributed by atoms with Gasteiger partial charge in [0.05, 0.1) is 0 Å². The van der Waals surface area contributed by atoms with Gasteiger partial charge in [-0.25, -0.2) is 0 Å². The van der Waals surface area contributed by atoms with E-state index in [1.807, 2.05) is 0 Å². The third kappa shape index (κ3) is 4.13. The zero-order valence-corrected chi connectivity index (χ0v) is 13.0. The predicted octanol–water partition coefficient (Wildman–Crippen LogP) is 0.0244. The summed E-state index contributed by atoms with van der Waals surface area (Å²) >= 11 is 0. The number of rotatable bonds is 4. The molecule has 0 saturated carbocycles. The summed E-state index contributed by atoms with van der Waals surface area (Å²) in [6.07, 6.45) is -4.66. The molecule has 128 valence electrons. The lowest BCUT2D eigenvalue weighted by Gasteiger charge is -2.40. The SMILES string of the molecule is C=C1O[C@H]2O[C@H](COC(C)=O)[C@@H](OC(C)=O)[C@H](OC(C)=O)[C@H]2O1. The molecule has 0 aromatic carbocycles. The molecule has 0 spiro atoms. The van der Waals surface area contributed by atoms with E-state index in [9.17, 15) is 14.4 Å². The molecular weight excluding hydrogens is 312 g/mol. The molecule has 2 aliphatic rings. The Morgan fingerprint density at radius 1 is 1.00 bits per heavy atom. The van der Waals surface area contributed by atoms with Gasteiger partial charge in [-0.2, -0.15) is 0 Å². The molecule has 2 aliphatic heterocycles. The van der Waals surface area contributed by atoms with Crippen molar-refractivity contribution in [2.24, 2.45) is 0 Å². The van der Waals surface area contributed by atoms with Crippen molar-refractivity contribution in [3.63, 3.8) is 0 Å². The van der Waals surface area contributed by atoms with Crippen LogP contribution in [0.5, 0.6) is 0 Å². The summed E-state index contributed by atoms with van der Waals surface area (Å²) in [4.78, 5) is 33.8. The average molecular weight is 330 g/mol. The van der Waals surface area contributed by atoms with E-state index in [1.165, 1.54) is 20.8 Å². The van der Waals surface area contributed by atoms with E-state index in [4.69, 9.17) is 28.4 Å². The maximum absolute atomic E-state index is 11.4. The Hall–Kier alpha value is -2.29. The number of carbonyl (C=O) groups is 3. The summed E-state index contributed by atoms with van der Waals surface area (Å²) < 4.78 is 31.5. The first-order valence-corrected chi connectivity index (χ1v) is 6.93. The molecule has 0 bridgehead atoms. The molecule has 23 heavy (non-hydrogen) atoms. The van der Waals surface area contributed by atoms with Crippen LogP contribution in [0.1, 0.15) is 20.8 Å². The van der Waals surface area contributed by atoms with Crippen LogP contribution in [-0.2, 0) is 42.8 Å². The monoisotopic (exact) mass is 330 g/mol. The molecule has 9 nitrogen and oxygen atoms in total. The molecule has 2 rings (SSSR count). The quantitative estimate of drug-likeness (QED) is 0.521. The normalized spacial score (nSPS) is 32.1. The molecule has 0 unspecified atom stereocenters. The van der Waals surface area contributed by atoms with Crippen LogP contribution in [0.3, 0.4) is 0 Å². The minimum Gasteiger partial charge on any atom is -0.463 e. The highest BCUT2D eigenvalue weighted by Gasteiger charge is 2.55. The lowest BCUT2D eigenvalue weighted by atomic mass is 9.98. The zero-order valence-electron chi connectivity index (χ0n) is 13.0. The molecule has 2 saturated heterocycles. The zero-order chi connectivity index (χ0) is 17.1. The fourth-order valence-electron chi connectivity index (χ4n) is 2.40. The Bertz CT molecular complexity index is 514. The molecule has 0 N–H and O–H groups in total. The van der Waals surface area contributed by atoms with Gasteiger partial charge in [0.15, 0.2) is 12.2 Å². The van der Waals surface area contributed by atoms with E-state index in [1.54, 1.807) is 0 Å². The van der Waals surface area contributed by atoms with E-state index in [0.717, 1.165) is 0 Å². The molecule has 0 aliphatic carbocycles. The van der Waals surface area contributed by atoms with Crippen LogP contribution < -0.4 is 0 Å². The molecular formula is C14H18O9. The summed E-state index contributed by atoms with van der Waals surface area (Å²) in [5.41, 5.74) is 0. The van der Waals surface area contributed by atoms with Gasteiger partial charge in [-0.15, -0.1) is 0 Å². The highest BCUT2D eigenvalue weighted by molar-refractivity contribution is 5.67. The van der Waals surface area contributed by atoms with Crippen molar-refractivity contribution in [3.8, 4) is 0 Å². The number of fused-ring (bicyclic) bond motifs is 1. The van der Waals surface area contributed by atoms with Gasteiger partial charge in [-0.3, -0.25) is 14.4 Å². The number of ether oxygens (including phenoxy) is 6. The van der Waals surface area contributed by atoms with Crippen LogP contribution in [0.4, 0.5) is 0 Å². The van der Waals surface area contributed by atoms with E-state index >= 15 is 0 Å². The van der Waals surface area contributed by atoms with Crippen LogP contribution in [0.2, 0.25) is 0 Å². The Morgan fingerprint density at radius 2 is 1.61 bits per heavy atom. The molecule has 0 radical (unpaired) electrons. The first-order valence-electron chi connectivity index (χ1n) is 6.93. The fraction of sp³-hybridized carbons (Fsp3) is 0.643. The molecule has 2 heterocycles. The predicted molar refractivity (Wildman–Crippen MR) is 71.5 cm³/mol. The maximum Gasteiger partial charge on any atom is 0.303 e. The molecule has 9 heteroatoms. The minimum absolute atomic E-state index is 0.00753. The van der Waals surface area contributed by atoms with Gasteiger partial charge in [0.2, 0.25) is 12.4 Å². The van der Waals surface area contributed by atoms with Crippen molar-refractivity contribution in [1.29, 1.82) is 0 Å². The van der Waals surface area contributed by atoms with Crippen LogP contribution >= 0.6 is 0 Å². The summed E-state index contributed by atoms with van der Waals surface area (Å²) in [5, 5.41) is 0. The molecule has 0 amide bonds. The van der Waals surface area contributed by atoms with Crippen LogP contribution in [0.25, 0.3) is 0 Å². The lowest BCUT2D eigenvalue weighted by Crippen LogP contribution is -2.60. The maximum atomic E-state index is 11.4. The number of carbonyl (C=O) groups excluding carboxylic acids is 3. The Balaban J connectivity index is 2.25. The standard InChI is InChI=1S/C14H18O9/c1-6(15)18-5-10-11(19-7(2)16)12(20-8(3)17)13-14(23-10)22-9(4)21-13/h10-14H,4-5H2,1-3H3/t10-,11-,12+,13-,14+/m1/s1. The fourth-order valence-corrected chi connectivity index (χ4v) is 2.40. The average Bonchev–Trinajstić information content (AvgIpc) is 2.78. The summed E-state index contributed by atoms with van der Waals surface area (Å²) in [6, 6.07) is 0. The second-order valence-corrected chi connectivity index (χ2v) is 5.07. The van der Waals surface area contributed by atoms with Crippen molar-refractivity contribution in [1.82, 2.24) is 0 Å². The third-order valence-corrected chi connectivity index (χ3v) is 3.16. The number of hydrogen-bond donors (Lipinski definition) is 0. The van der Waals surface area contributed by atoms with Crippen molar-refractivity contribution in [2.75, 3.05) is 6.61 Å². The van der Waals surface area contributed by atoms with Gasteiger partial charge >= 0.3 is 17.9 Å². The first-order chi connectivity index (χ1) is 10.8. The van der Waals surface area contributed by atoms with Gasteiger partial charge in [0.1, 0.15) is 12.7 Å². The van der Waals surface area contributed by atoms with Gasteiger partial charge < -0.3 is 28.4 Å². The second kappa shape index (κ2) is 6.86. The van der Waals surface area contributed by atoms with Crippen LogP contribution in [-0.4, -0.2) is 55.2 Å². The van der Waals surface area contributed by atoms with Gasteiger partial charge in [-0.05, 0) is 6.58 Å². The second-order valence-electron chi connectivity index (χ2n) is 5.07. The van der Waals surface area contributed by atoms with E-state index in [-0.39, 0.29) is 12.6 Å². The lowest BCUT2D eigenvalue weighted by molar-refractivity contribution is -0.262. The van der Waals surface area contributed by atoms with Crippen LogP contribution in [0, 0.1) is 0 Å². The number of hydrogen-bond acceptors (Lipinski definition) is 9. The molecule has 2 fully saturated rings. The van der Waals surface area contributed by atoms with E-state index in [2.05, 4.69) is 6.58 Å². The molecule has 0 aromatic heterocycles. The van der Waals surface area contributed by atoms with Crippen molar-refractivity contribution in [2.45, 2.75) is 51.5 Å². The van der Waals surface area contributed by atoms with Gasteiger partial charge in [0.25, 0.3) is 5.95 Å². The summed E-state index contributed by atoms with van der Waals surface area (Å²) in [6.45, 7) is 6.95. The van der Waals surface area contributed by atoms with Crippen LogP contribution in [0.15, 0.2) is 12.5 Å².